The van der Waals surface area contributed by atoms with Crippen LogP contribution in [0.1, 0.15) is 18.5 Å². The molecule has 18 heavy (non-hydrogen) atoms. The predicted molar refractivity (Wildman–Crippen MR) is 80.3 cm³/mol. The van der Waals surface area contributed by atoms with Crippen molar-refractivity contribution in [1.29, 1.82) is 0 Å². The normalized spacial score (nSPS) is 12.2. The lowest BCUT2D eigenvalue weighted by Gasteiger charge is -2.17. The van der Waals surface area contributed by atoms with Gasteiger partial charge in [-0.15, -0.1) is 0 Å². The Morgan fingerprint density at radius 2 is 1.83 bits per heavy atom. The van der Waals surface area contributed by atoms with E-state index in [9.17, 15) is 4.39 Å². The van der Waals surface area contributed by atoms with Crippen molar-refractivity contribution in [2.75, 3.05) is 5.32 Å². The van der Waals surface area contributed by atoms with Gasteiger partial charge in [0.25, 0.3) is 0 Å². The molecule has 2 aromatic rings. The molecule has 0 aliphatic rings. The highest BCUT2D eigenvalue weighted by atomic mass is 79.9. The van der Waals surface area contributed by atoms with Gasteiger partial charge in [-0.1, -0.05) is 34.1 Å². The summed E-state index contributed by atoms with van der Waals surface area (Å²) in [5.41, 5.74) is 1.60. The van der Waals surface area contributed by atoms with E-state index in [1.54, 1.807) is 12.1 Å². The Balaban J connectivity index is 2.21. The molecule has 1 unspecified atom stereocenters. The molecule has 0 amide bonds. The quantitative estimate of drug-likeness (QED) is 0.747. The van der Waals surface area contributed by atoms with Gasteiger partial charge >= 0.3 is 0 Å². The number of hydrogen-bond donors (Lipinski definition) is 1. The molecule has 0 saturated carbocycles. The highest BCUT2D eigenvalue weighted by Crippen LogP contribution is 2.29. The summed E-state index contributed by atoms with van der Waals surface area (Å²) in [6, 6.07) is 12.6. The Bertz CT molecular complexity index is 557. The molecule has 0 saturated heterocycles. The monoisotopic (exact) mass is 371 g/mol. The van der Waals surface area contributed by atoms with E-state index in [1.807, 2.05) is 31.2 Å². The molecule has 2 aromatic carbocycles. The molecule has 0 radical (unpaired) electrons. The van der Waals surface area contributed by atoms with Crippen molar-refractivity contribution in [3.8, 4) is 0 Å². The molecule has 1 atom stereocenters. The second-order valence-electron chi connectivity index (χ2n) is 4.01. The Kier molecular flexibility index (Phi) is 4.40. The summed E-state index contributed by atoms with van der Waals surface area (Å²) in [4.78, 5) is 0. The molecule has 2 rings (SSSR count). The van der Waals surface area contributed by atoms with Crippen LogP contribution in [0, 0.1) is 5.82 Å². The standard InChI is InChI=1S/C14H12Br2FN/c1-9(11-4-2-3-5-13(11)17)18-14-7-6-10(15)8-12(14)16/h2-9,18H,1H3. The topological polar surface area (TPSA) is 12.0 Å². The summed E-state index contributed by atoms with van der Waals surface area (Å²) in [6.45, 7) is 1.94. The van der Waals surface area contributed by atoms with Crippen LogP contribution >= 0.6 is 31.9 Å². The van der Waals surface area contributed by atoms with E-state index in [2.05, 4.69) is 37.2 Å². The molecule has 0 aliphatic carbocycles. The van der Waals surface area contributed by atoms with Crippen LogP contribution in [-0.4, -0.2) is 0 Å². The van der Waals surface area contributed by atoms with Crippen LogP contribution in [0.4, 0.5) is 10.1 Å². The second-order valence-corrected chi connectivity index (χ2v) is 5.78. The van der Waals surface area contributed by atoms with Gasteiger partial charge < -0.3 is 5.32 Å². The van der Waals surface area contributed by atoms with Gasteiger partial charge in [0.05, 0.1) is 6.04 Å². The molecular formula is C14H12Br2FN. The zero-order valence-corrected chi connectivity index (χ0v) is 12.9. The maximum absolute atomic E-state index is 13.6. The molecule has 0 bridgehead atoms. The Hall–Kier alpha value is -0.870. The molecule has 0 aromatic heterocycles. The zero-order valence-electron chi connectivity index (χ0n) is 9.75. The summed E-state index contributed by atoms with van der Waals surface area (Å²) in [6.07, 6.45) is 0. The number of anilines is 1. The first kappa shape index (κ1) is 13.6. The third-order valence-corrected chi connectivity index (χ3v) is 3.82. The average molecular weight is 373 g/mol. The highest BCUT2D eigenvalue weighted by Gasteiger charge is 2.11. The second kappa shape index (κ2) is 5.85. The van der Waals surface area contributed by atoms with Crippen LogP contribution < -0.4 is 5.32 Å². The fourth-order valence-electron chi connectivity index (χ4n) is 1.74. The van der Waals surface area contributed by atoms with E-state index >= 15 is 0 Å². The van der Waals surface area contributed by atoms with Crippen LogP contribution in [0.3, 0.4) is 0 Å². The third kappa shape index (κ3) is 3.12. The highest BCUT2D eigenvalue weighted by molar-refractivity contribution is 9.11. The van der Waals surface area contributed by atoms with Gasteiger partial charge in [-0.3, -0.25) is 0 Å². The van der Waals surface area contributed by atoms with E-state index in [-0.39, 0.29) is 11.9 Å². The van der Waals surface area contributed by atoms with Crippen molar-refractivity contribution >= 4 is 37.5 Å². The fraction of sp³-hybridized carbons (Fsp3) is 0.143. The lowest BCUT2D eigenvalue weighted by Crippen LogP contribution is -2.08. The minimum atomic E-state index is -0.189. The first-order chi connectivity index (χ1) is 8.58. The zero-order chi connectivity index (χ0) is 13.1. The van der Waals surface area contributed by atoms with Crippen LogP contribution in [0.2, 0.25) is 0 Å². The minimum absolute atomic E-state index is 0.0938. The van der Waals surface area contributed by atoms with Gasteiger partial charge in [0.1, 0.15) is 5.82 Å². The Morgan fingerprint density at radius 3 is 2.50 bits per heavy atom. The SMILES string of the molecule is CC(Nc1ccc(Br)cc1Br)c1ccccc1F. The Labute approximate surface area is 123 Å². The van der Waals surface area contributed by atoms with Gasteiger partial charge in [-0.25, -0.2) is 4.39 Å². The molecular weight excluding hydrogens is 361 g/mol. The van der Waals surface area contributed by atoms with E-state index in [0.29, 0.717) is 5.56 Å². The van der Waals surface area contributed by atoms with Gasteiger partial charge in [0.2, 0.25) is 0 Å². The molecule has 1 N–H and O–H groups in total. The average Bonchev–Trinajstić information content (AvgIpc) is 2.33. The van der Waals surface area contributed by atoms with Gasteiger partial charge in [-0.2, -0.15) is 0 Å². The number of benzene rings is 2. The minimum Gasteiger partial charge on any atom is -0.377 e. The smallest absolute Gasteiger partial charge is 0.128 e. The van der Waals surface area contributed by atoms with Gasteiger partial charge in [0.15, 0.2) is 0 Å². The van der Waals surface area contributed by atoms with Gasteiger partial charge in [-0.05, 0) is 47.1 Å². The number of nitrogens with one attached hydrogen (secondary N) is 1. The van der Waals surface area contributed by atoms with Crippen molar-refractivity contribution in [3.05, 3.63) is 62.8 Å². The van der Waals surface area contributed by atoms with E-state index in [4.69, 9.17) is 0 Å². The number of rotatable bonds is 3. The molecule has 1 nitrogen and oxygen atoms in total. The van der Waals surface area contributed by atoms with Gasteiger partial charge in [0, 0.05) is 20.2 Å². The summed E-state index contributed by atoms with van der Waals surface area (Å²) in [7, 11) is 0. The predicted octanol–water partition coefficient (Wildman–Crippen LogP) is 5.52. The van der Waals surface area contributed by atoms with E-state index < -0.39 is 0 Å². The molecule has 0 fully saturated rings. The van der Waals surface area contributed by atoms with Crippen LogP contribution in [0.5, 0.6) is 0 Å². The van der Waals surface area contributed by atoms with Crippen molar-refractivity contribution in [1.82, 2.24) is 0 Å². The summed E-state index contributed by atoms with van der Waals surface area (Å²) < 4.78 is 15.6. The van der Waals surface area contributed by atoms with Crippen LogP contribution in [-0.2, 0) is 0 Å². The Morgan fingerprint density at radius 1 is 1.11 bits per heavy atom. The van der Waals surface area contributed by atoms with E-state index in [1.165, 1.54) is 6.07 Å². The van der Waals surface area contributed by atoms with Crippen molar-refractivity contribution in [3.63, 3.8) is 0 Å². The molecule has 4 heteroatoms. The number of halogens is 3. The summed E-state index contributed by atoms with van der Waals surface area (Å²) in [5.74, 6) is -0.189. The van der Waals surface area contributed by atoms with Crippen molar-refractivity contribution in [2.24, 2.45) is 0 Å². The van der Waals surface area contributed by atoms with E-state index in [0.717, 1.165) is 14.6 Å². The molecule has 0 spiro atoms. The lowest BCUT2D eigenvalue weighted by molar-refractivity contribution is 0.600. The molecule has 0 aliphatic heterocycles. The largest absolute Gasteiger partial charge is 0.377 e. The first-order valence-corrected chi connectivity index (χ1v) is 7.12. The maximum Gasteiger partial charge on any atom is 0.128 e. The van der Waals surface area contributed by atoms with Crippen LogP contribution in [0.15, 0.2) is 51.4 Å². The third-order valence-electron chi connectivity index (χ3n) is 2.67. The number of hydrogen-bond acceptors (Lipinski definition) is 1. The van der Waals surface area contributed by atoms with Crippen molar-refractivity contribution in [2.45, 2.75) is 13.0 Å². The molecule has 94 valence electrons. The van der Waals surface area contributed by atoms with Crippen LogP contribution in [0.25, 0.3) is 0 Å². The fourth-order valence-corrected chi connectivity index (χ4v) is 2.91. The first-order valence-electron chi connectivity index (χ1n) is 5.54. The summed E-state index contributed by atoms with van der Waals surface area (Å²) in [5, 5.41) is 3.29. The molecule has 0 heterocycles. The van der Waals surface area contributed by atoms with Crippen molar-refractivity contribution < 1.29 is 4.39 Å². The summed E-state index contributed by atoms with van der Waals surface area (Å²) >= 11 is 6.88. The lowest BCUT2D eigenvalue weighted by atomic mass is 10.1. The maximum atomic E-state index is 13.6.